The lowest BCUT2D eigenvalue weighted by Gasteiger charge is -2.35. The molecule has 33 heavy (non-hydrogen) atoms. The minimum Gasteiger partial charge on any atom is -0.457 e. The third-order valence-corrected chi connectivity index (χ3v) is 5.61. The summed E-state index contributed by atoms with van der Waals surface area (Å²) in [5.74, 6) is 2.05. The summed E-state index contributed by atoms with van der Waals surface area (Å²) in [6, 6.07) is 24.6. The molecule has 0 saturated carbocycles. The van der Waals surface area contributed by atoms with Crippen LogP contribution in [0.15, 0.2) is 91.3 Å². The summed E-state index contributed by atoms with van der Waals surface area (Å²) in [7, 11) is 0. The number of aromatic nitrogens is 3. The molecule has 0 atom stereocenters. The summed E-state index contributed by atoms with van der Waals surface area (Å²) in [6.45, 7) is 2.59. The molecule has 2 aromatic heterocycles. The van der Waals surface area contributed by atoms with Gasteiger partial charge in [-0.3, -0.25) is 9.78 Å². The maximum atomic E-state index is 13.2. The number of carbonyl (C=O) groups excluding carboxylic acids is 1. The fraction of sp³-hybridized carbons (Fsp3) is 0.154. The Hall–Kier alpha value is -4.26. The zero-order chi connectivity index (χ0) is 22.5. The lowest BCUT2D eigenvalue weighted by Crippen LogP contribution is -2.49. The van der Waals surface area contributed by atoms with Gasteiger partial charge in [0.25, 0.3) is 5.91 Å². The van der Waals surface area contributed by atoms with Crippen molar-refractivity contribution in [1.82, 2.24) is 20.1 Å². The maximum absolute atomic E-state index is 13.2. The van der Waals surface area contributed by atoms with Crippen LogP contribution in [0.5, 0.6) is 11.5 Å². The number of para-hydroxylation sites is 2. The van der Waals surface area contributed by atoms with Crippen molar-refractivity contribution in [3.05, 3.63) is 96.8 Å². The Kier molecular flexibility index (Phi) is 5.93. The molecule has 164 valence electrons. The summed E-state index contributed by atoms with van der Waals surface area (Å²) in [4.78, 5) is 21.3. The van der Waals surface area contributed by atoms with Crippen LogP contribution in [-0.4, -0.2) is 52.2 Å². The molecule has 2 aromatic carbocycles. The molecule has 7 nitrogen and oxygen atoms in total. The highest BCUT2D eigenvalue weighted by Crippen LogP contribution is 2.27. The first-order valence-corrected chi connectivity index (χ1v) is 10.9. The average Bonchev–Trinajstić information content (AvgIpc) is 2.90. The molecule has 0 N–H and O–H groups in total. The SMILES string of the molecule is O=C(c1ccccc1Oc1ccccc1)N1CCN(c2ccc(-c3ccncc3)nn2)CC1. The van der Waals surface area contributed by atoms with Crippen molar-refractivity contribution >= 4 is 11.7 Å². The number of nitrogens with zero attached hydrogens (tertiary/aromatic N) is 5. The van der Waals surface area contributed by atoms with Crippen molar-refractivity contribution in [2.45, 2.75) is 0 Å². The van der Waals surface area contributed by atoms with E-state index in [0.29, 0.717) is 43.2 Å². The highest BCUT2D eigenvalue weighted by molar-refractivity contribution is 5.97. The van der Waals surface area contributed by atoms with E-state index in [1.54, 1.807) is 12.4 Å². The number of rotatable bonds is 5. The summed E-state index contributed by atoms with van der Waals surface area (Å²) < 4.78 is 5.98. The topological polar surface area (TPSA) is 71.5 Å². The molecule has 5 rings (SSSR count). The van der Waals surface area contributed by atoms with Crippen LogP contribution in [-0.2, 0) is 0 Å². The molecule has 1 saturated heterocycles. The van der Waals surface area contributed by atoms with Gasteiger partial charge in [-0.1, -0.05) is 30.3 Å². The van der Waals surface area contributed by atoms with Gasteiger partial charge in [-0.2, -0.15) is 0 Å². The van der Waals surface area contributed by atoms with E-state index in [1.807, 2.05) is 83.8 Å². The smallest absolute Gasteiger partial charge is 0.257 e. The third kappa shape index (κ3) is 4.67. The molecular weight excluding hydrogens is 414 g/mol. The lowest BCUT2D eigenvalue weighted by atomic mass is 10.1. The molecule has 1 aliphatic rings. The van der Waals surface area contributed by atoms with Crippen molar-refractivity contribution < 1.29 is 9.53 Å². The molecule has 1 fully saturated rings. The Morgan fingerprint density at radius 3 is 2.21 bits per heavy atom. The van der Waals surface area contributed by atoms with Crippen molar-refractivity contribution in [3.8, 4) is 22.8 Å². The van der Waals surface area contributed by atoms with E-state index in [1.165, 1.54) is 0 Å². The molecule has 0 unspecified atom stereocenters. The van der Waals surface area contributed by atoms with Crippen molar-refractivity contribution in [2.75, 3.05) is 31.1 Å². The van der Waals surface area contributed by atoms with Crippen molar-refractivity contribution in [2.24, 2.45) is 0 Å². The molecule has 4 aromatic rings. The summed E-state index contributed by atoms with van der Waals surface area (Å²) in [5, 5.41) is 8.76. The largest absolute Gasteiger partial charge is 0.457 e. The molecule has 1 amide bonds. The average molecular weight is 438 g/mol. The van der Waals surface area contributed by atoms with E-state index in [9.17, 15) is 4.79 Å². The molecule has 0 bridgehead atoms. The number of pyridine rings is 1. The Balaban J connectivity index is 1.24. The van der Waals surface area contributed by atoms with Crippen molar-refractivity contribution in [1.29, 1.82) is 0 Å². The zero-order valence-electron chi connectivity index (χ0n) is 18.0. The fourth-order valence-corrected chi connectivity index (χ4v) is 3.83. The molecule has 7 heteroatoms. The van der Waals surface area contributed by atoms with Gasteiger partial charge in [0.1, 0.15) is 11.5 Å². The van der Waals surface area contributed by atoms with Crippen LogP contribution < -0.4 is 9.64 Å². The van der Waals surface area contributed by atoms with Crippen LogP contribution in [0.2, 0.25) is 0 Å². The second kappa shape index (κ2) is 9.48. The first-order chi connectivity index (χ1) is 16.3. The van der Waals surface area contributed by atoms with Gasteiger partial charge in [0, 0.05) is 44.1 Å². The Morgan fingerprint density at radius 2 is 1.48 bits per heavy atom. The number of carbonyl (C=O) groups is 1. The van der Waals surface area contributed by atoms with E-state index in [-0.39, 0.29) is 5.91 Å². The number of hydrogen-bond donors (Lipinski definition) is 0. The quantitative estimate of drug-likeness (QED) is 0.464. The van der Waals surface area contributed by atoms with Gasteiger partial charge in [-0.05, 0) is 48.5 Å². The van der Waals surface area contributed by atoms with Crippen LogP contribution in [0.4, 0.5) is 5.82 Å². The van der Waals surface area contributed by atoms with Crippen molar-refractivity contribution in [3.63, 3.8) is 0 Å². The minimum atomic E-state index is -0.0275. The molecule has 0 aliphatic carbocycles. The molecule has 1 aliphatic heterocycles. The van der Waals surface area contributed by atoms with E-state index in [0.717, 1.165) is 17.1 Å². The van der Waals surface area contributed by atoms with Gasteiger partial charge >= 0.3 is 0 Å². The van der Waals surface area contributed by atoms with E-state index >= 15 is 0 Å². The van der Waals surface area contributed by atoms with Gasteiger partial charge in [-0.15, -0.1) is 10.2 Å². The van der Waals surface area contributed by atoms with Gasteiger partial charge in [0.2, 0.25) is 0 Å². The monoisotopic (exact) mass is 437 g/mol. The van der Waals surface area contributed by atoms with Gasteiger partial charge in [-0.25, -0.2) is 0 Å². The molecular formula is C26H23N5O2. The minimum absolute atomic E-state index is 0.0275. The predicted molar refractivity (Wildman–Crippen MR) is 126 cm³/mol. The first-order valence-electron chi connectivity index (χ1n) is 10.9. The number of anilines is 1. The third-order valence-electron chi connectivity index (χ3n) is 5.61. The standard InChI is InChI=1S/C26H23N5O2/c32-26(22-8-4-5-9-24(22)33-21-6-2-1-3-7-21)31-18-16-30(17-19-31)25-11-10-23(28-29-25)20-12-14-27-15-13-20/h1-15H,16-19H2. The Morgan fingerprint density at radius 1 is 0.758 bits per heavy atom. The predicted octanol–water partition coefficient (Wildman–Crippen LogP) is 4.29. The lowest BCUT2D eigenvalue weighted by molar-refractivity contribution is 0.0744. The Labute approximate surface area is 192 Å². The maximum Gasteiger partial charge on any atom is 0.257 e. The highest BCUT2D eigenvalue weighted by atomic mass is 16.5. The molecule has 0 spiro atoms. The summed E-state index contributed by atoms with van der Waals surface area (Å²) in [5.41, 5.74) is 2.36. The second-order valence-corrected chi connectivity index (χ2v) is 7.70. The number of ether oxygens (including phenoxy) is 1. The number of amides is 1. The highest BCUT2D eigenvalue weighted by Gasteiger charge is 2.25. The molecule has 3 heterocycles. The second-order valence-electron chi connectivity index (χ2n) is 7.70. The van der Waals surface area contributed by atoms with Gasteiger partial charge < -0.3 is 14.5 Å². The van der Waals surface area contributed by atoms with Crippen LogP contribution in [0, 0.1) is 0 Å². The zero-order valence-corrected chi connectivity index (χ0v) is 18.0. The van der Waals surface area contributed by atoms with Crippen LogP contribution in [0.1, 0.15) is 10.4 Å². The summed E-state index contributed by atoms with van der Waals surface area (Å²) >= 11 is 0. The number of hydrogen-bond acceptors (Lipinski definition) is 6. The van der Waals surface area contributed by atoms with E-state index in [4.69, 9.17) is 4.74 Å². The molecule has 0 radical (unpaired) electrons. The first kappa shape index (κ1) is 20.6. The van der Waals surface area contributed by atoms with Crippen LogP contribution in [0.3, 0.4) is 0 Å². The number of benzene rings is 2. The Bertz CT molecular complexity index is 1210. The van der Waals surface area contributed by atoms with Crippen LogP contribution >= 0.6 is 0 Å². The number of piperazine rings is 1. The van der Waals surface area contributed by atoms with Gasteiger partial charge in [0.15, 0.2) is 5.82 Å². The van der Waals surface area contributed by atoms with E-state index in [2.05, 4.69) is 20.1 Å². The van der Waals surface area contributed by atoms with Crippen LogP contribution in [0.25, 0.3) is 11.3 Å². The van der Waals surface area contributed by atoms with Gasteiger partial charge in [0.05, 0.1) is 11.3 Å². The van der Waals surface area contributed by atoms with E-state index < -0.39 is 0 Å². The summed E-state index contributed by atoms with van der Waals surface area (Å²) in [6.07, 6.45) is 3.48. The fourth-order valence-electron chi connectivity index (χ4n) is 3.83. The normalized spacial score (nSPS) is 13.6.